The van der Waals surface area contributed by atoms with Gasteiger partial charge in [0.2, 0.25) is 5.91 Å². The first-order valence-electron chi connectivity index (χ1n) is 10.2. The van der Waals surface area contributed by atoms with Crippen molar-refractivity contribution in [1.29, 1.82) is 0 Å². The SMILES string of the molecule is COc1cc2oc3c(c2cc1/C(C)=C/C(=O)Nc1ccc(C)cc1C)CCCC3. The van der Waals surface area contributed by atoms with Gasteiger partial charge >= 0.3 is 0 Å². The number of methoxy groups -OCH3 is 1. The zero-order chi connectivity index (χ0) is 20.5. The van der Waals surface area contributed by atoms with Gasteiger partial charge in [-0.25, -0.2) is 0 Å². The number of anilines is 1. The molecule has 1 amide bonds. The van der Waals surface area contributed by atoms with Crippen molar-refractivity contribution in [1.82, 2.24) is 0 Å². The van der Waals surface area contributed by atoms with Gasteiger partial charge in [0.1, 0.15) is 17.1 Å². The predicted octanol–water partition coefficient (Wildman–Crippen LogP) is 5.98. The van der Waals surface area contributed by atoms with Crippen molar-refractivity contribution >= 4 is 28.1 Å². The van der Waals surface area contributed by atoms with Crippen molar-refractivity contribution < 1.29 is 13.9 Å². The average molecular weight is 389 g/mol. The van der Waals surface area contributed by atoms with Gasteiger partial charge in [-0.1, -0.05) is 17.7 Å². The summed E-state index contributed by atoms with van der Waals surface area (Å²) in [7, 11) is 1.65. The van der Waals surface area contributed by atoms with Gasteiger partial charge < -0.3 is 14.5 Å². The Morgan fingerprint density at radius 3 is 2.69 bits per heavy atom. The van der Waals surface area contributed by atoms with Crippen LogP contribution < -0.4 is 10.1 Å². The molecule has 0 unspecified atom stereocenters. The highest BCUT2D eigenvalue weighted by molar-refractivity contribution is 6.05. The van der Waals surface area contributed by atoms with Crippen molar-refractivity contribution in [2.75, 3.05) is 12.4 Å². The largest absolute Gasteiger partial charge is 0.496 e. The number of hydrogen-bond acceptors (Lipinski definition) is 3. The molecule has 150 valence electrons. The number of furan rings is 1. The van der Waals surface area contributed by atoms with Crippen LogP contribution in [-0.4, -0.2) is 13.0 Å². The Kier molecular flexibility index (Phi) is 5.18. The van der Waals surface area contributed by atoms with Gasteiger partial charge in [-0.15, -0.1) is 0 Å². The van der Waals surface area contributed by atoms with Crippen molar-refractivity contribution in [3.05, 3.63) is 64.4 Å². The maximum atomic E-state index is 12.6. The molecule has 0 aliphatic heterocycles. The van der Waals surface area contributed by atoms with E-state index in [4.69, 9.17) is 9.15 Å². The number of fused-ring (bicyclic) bond motifs is 3. The Morgan fingerprint density at radius 2 is 1.93 bits per heavy atom. The fourth-order valence-electron chi connectivity index (χ4n) is 4.16. The second kappa shape index (κ2) is 7.78. The van der Waals surface area contributed by atoms with Crippen LogP contribution in [0.4, 0.5) is 5.69 Å². The van der Waals surface area contributed by atoms with Gasteiger partial charge in [0.05, 0.1) is 7.11 Å². The van der Waals surface area contributed by atoms with Crippen LogP contribution in [0.5, 0.6) is 5.75 Å². The van der Waals surface area contributed by atoms with Crippen LogP contribution in [0.1, 0.15) is 47.8 Å². The van der Waals surface area contributed by atoms with E-state index in [-0.39, 0.29) is 5.91 Å². The number of amides is 1. The van der Waals surface area contributed by atoms with Crippen molar-refractivity contribution in [2.45, 2.75) is 46.5 Å². The number of hydrogen-bond donors (Lipinski definition) is 1. The van der Waals surface area contributed by atoms with Crippen LogP contribution in [-0.2, 0) is 17.6 Å². The van der Waals surface area contributed by atoms with E-state index in [0.29, 0.717) is 0 Å². The zero-order valence-corrected chi connectivity index (χ0v) is 17.5. The number of aryl methyl sites for hydroxylation is 4. The second-order valence-electron chi connectivity index (χ2n) is 7.89. The minimum atomic E-state index is -0.147. The number of ether oxygens (including phenoxy) is 1. The van der Waals surface area contributed by atoms with Crippen molar-refractivity contribution in [2.24, 2.45) is 0 Å². The summed E-state index contributed by atoms with van der Waals surface area (Å²) in [5, 5.41) is 4.12. The quantitative estimate of drug-likeness (QED) is 0.559. The molecule has 1 heterocycles. The normalized spacial score (nSPS) is 14.0. The predicted molar refractivity (Wildman–Crippen MR) is 118 cm³/mol. The van der Waals surface area contributed by atoms with Crippen molar-refractivity contribution in [3.8, 4) is 5.75 Å². The summed E-state index contributed by atoms with van der Waals surface area (Å²) in [6, 6.07) is 10.1. The number of allylic oxidation sites excluding steroid dienone is 1. The van der Waals surface area contributed by atoms with Crippen LogP contribution in [0.25, 0.3) is 16.5 Å². The van der Waals surface area contributed by atoms with E-state index in [1.807, 2.05) is 39.0 Å². The molecule has 0 spiro atoms. The van der Waals surface area contributed by atoms with E-state index in [0.717, 1.165) is 57.7 Å². The maximum Gasteiger partial charge on any atom is 0.248 e. The molecule has 0 fully saturated rings. The van der Waals surface area contributed by atoms with Crippen LogP contribution in [0.15, 0.2) is 40.8 Å². The molecule has 4 heteroatoms. The summed E-state index contributed by atoms with van der Waals surface area (Å²) < 4.78 is 11.7. The van der Waals surface area contributed by atoms with Crippen LogP contribution >= 0.6 is 0 Å². The first-order valence-corrected chi connectivity index (χ1v) is 10.2. The summed E-state index contributed by atoms with van der Waals surface area (Å²) >= 11 is 0. The molecule has 2 aromatic carbocycles. The lowest BCUT2D eigenvalue weighted by atomic mass is 9.94. The minimum absolute atomic E-state index is 0.147. The summed E-state index contributed by atoms with van der Waals surface area (Å²) in [5.41, 5.74) is 7.01. The van der Waals surface area contributed by atoms with E-state index in [1.165, 1.54) is 24.0 Å². The average Bonchev–Trinajstić information content (AvgIpc) is 3.06. The molecule has 0 atom stereocenters. The Morgan fingerprint density at radius 1 is 1.14 bits per heavy atom. The highest BCUT2D eigenvalue weighted by Gasteiger charge is 2.20. The smallest absolute Gasteiger partial charge is 0.248 e. The molecule has 1 N–H and O–H groups in total. The fraction of sp³-hybridized carbons (Fsp3) is 0.320. The summed E-state index contributed by atoms with van der Waals surface area (Å²) in [6.45, 7) is 5.98. The molecule has 3 aromatic rings. The van der Waals surface area contributed by atoms with Gasteiger partial charge in [-0.05, 0) is 63.3 Å². The molecular formula is C25H27NO3. The molecule has 0 saturated heterocycles. The van der Waals surface area contributed by atoms with E-state index < -0.39 is 0 Å². The topological polar surface area (TPSA) is 51.5 Å². The van der Waals surface area contributed by atoms with E-state index in [9.17, 15) is 4.79 Å². The lowest BCUT2D eigenvalue weighted by Gasteiger charge is -2.12. The molecule has 0 radical (unpaired) electrons. The third-order valence-electron chi connectivity index (χ3n) is 5.69. The second-order valence-corrected chi connectivity index (χ2v) is 7.89. The molecule has 1 aromatic heterocycles. The van der Waals surface area contributed by atoms with Gasteiger partial charge in [0.15, 0.2) is 0 Å². The van der Waals surface area contributed by atoms with Gasteiger partial charge in [0, 0.05) is 40.8 Å². The van der Waals surface area contributed by atoms with Gasteiger partial charge in [-0.3, -0.25) is 4.79 Å². The highest BCUT2D eigenvalue weighted by atomic mass is 16.5. The lowest BCUT2D eigenvalue weighted by Crippen LogP contribution is -2.10. The number of carbonyl (C=O) groups excluding carboxylic acids is 1. The lowest BCUT2D eigenvalue weighted by molar-refractivity contribution is -0.111. The first-order chi connectivity index (χ1) is 14.0. The van der Waals surface area contributed by atoms with Crippen LogP contribution in [0.3, 0.4) is 0 Å². The van der Waals surface area contributed by atoms with E-state index >= 15 is 0 Å². The Hall–Kier alpha value is -3.01. The fourth-order valence-corrected chi connectivity index (χ4v) is 4.16. The molecule has 0 saturated carbocycles. The third-order valence-corrected chi connectivity index (χ3v) is 5.69. The number of carbonyl (C=O) groups is 1. The Bertz CT molecular complexity index is 1120. The van der Waals surface area contributed by atoms with E-state index in [1.54, 1.807) is 13.2 Å². The monoisotopic (exact) mass is 389 g/mol. The Labute approximate surface area is 171 Å². The number of rotatable bonds is 4. The summed E-state index contributed by atoms with van der Waals surface area (Å²) in [6.07, 6.45) is 6.04. The first kappa shape index (κ1) is 19.3. The summed E-state index contributed by atoms with van der Waals surface area (Å²) in [4.78, 5) is 12.6. The van der Waals surface area contributed by atoms with Crippen molar-refractivity contribution in [3.63, 3.8) is 0 Å². The molecule has 1 aliphatic carbocycles. The minimum Gasteiger partial charge on any atom is -0.496 e. The third kappa shape index (κ3) is 3.80. The molecule has 4 rings (SSSR count). The number of benzene rings is 2. The molecule has 1 aliphatic rings. The molecule has 4 nitrogen and oxygen atoms in total. The molecule has 0 bridgehead atoms. The highest BCUT2D eigenvalue weighted by Crippen LogP contribution is 2.37. The van der Waals surface area contributed by atoms with E-state index in [2.05, 4.69) is 17.4 Å². The molecule has 29 heavy (non-hydrogen) atoms. The summed E-state index contributed by atoms with van der Waals surface area (Å²) in [5.74, 6) is 1.67. The Balaban J connectivity index is 1.67. The molecular weight excluding hydrogens is 362 g/mol. The van der Waals surface area contributed by atoms with Gasteiger partial charge in [-0.2, -0.15) is 0 Å². The van der Waals surface area contributed by atoms with Crippen LogP contribution in [0.2, 0.25) is 0 Å². The zero-order valence-electron chi connectivity index (χ0n) is 17.5. The van der Waals surface area contributed by atoms with Gasteiger partial charge in [0.25, 0.3) is 0 Å². The van der Waals surface area contributed by atoms with Crippen LogP contribution in [0, 0.1) is 13.8 Å². The maximum absolute atomic E-state index is 12.6. The standard InChI is InChI=1S/C25H27NO3/c1-15-9-10-21(17(3)11-15)26-25(27)12-16(2)19-13-20-18-7-5-6-8-22(18)29-24(20)14-23(19)28-4/h9-14H,5-8H2,1-4H3,(H,26,27)/b16-12+. The number of nitrogens with one attached hydrogen (secondary N) is 1.